The van der Waals surface area contributed by atoms with Gasteiger partial charge in [-0.25, -0.2) is 0 Å². The van der Waals surface area contributed by atoms with Gasteiger partial charge in [0.05, 0.1) is 16.4 Å². The topological polar surface area (TPSA) is 15.3 Å². The van der Waals surface area contributed by atoms with Crippen LogP contribution in [0, 0.1) is 0 Å². The first kappa shape index (κ1) is 9.41. The van der Waals surface area contributed by atoms with Gasteiger partial charge < -0.3 is 10.2 Å². The van der Waals surface area contributed by atoms with E-state index in [1.54, 1.807) is 0 Å². The number of rotatable bonds is 2. The van der Waals surface area contributed by atoms with Crippen LogP contribution in [0.25, 0.3) is 0 Å². The van der Waals surface area contributed by atoms with Crippen LogP contribution in [-0.2, 0) is 0 Å². The minimum atomic E-state index is 0.802. The highest BCUT2D eigenvalue weighted by molar-refractivity contribution is 6.34. The van der Waals surface area contributed by atoms with Crippen molar-refractivity contribution in [3.8, 4) is 0 Å². The lowest BCUT2D eigenvalue weighted by atomic mass is 10.2. The van der Waals surface area contributed by atoms with Gasteiger partial charge in [0.15, 0.2) is 0 Å². The minimum absolute atomic E-state index is 0.802. The van der Waals surface area contributed by atoms with Crippen molar-refractivity contribution in [3.05, 3.63) is 35.9 Å². The minimum Gasteiger partial charge on any atom is -0.382 e. The van der Waals surface area contributed by atoms with Gasteiger partial charge in [-0.3, -0.25) is 0 Å². The molecule has 0 spiro atoms. The number of anilines is 2. The number of hydrogen-bond donors (Lipinski definition) is 1. The van der Waals surface area contributed by atoms with Crippen LogP contribution in [0.4, 0.5) is 11.4 Å². The van der Waals surface area contributed by atoms with Crippen molar-refractivity contribution in [2.24, 2.45) is 0 Å². The summed E-state index contributed by atoms with van der Waals surface area (Å²) in [6, 6.07) is 5.94. The summed E-state index contributed by atoms with van der Waals surface area (Å²) < 4.78 is 0. The molecule has 0 radical (unpaired) electrons. The molecule has 0 fully saturated rings. The van der Waals surface area contributed by atoms with Crippen LogP contribution in [0.15, 0.2) is 30.9 Å². The van der Waals surface area contributed by atoms with Crippen molar-refractivity contribution in [3.63, 3.8) is 0 Å². The van der Waals surface area contributed by atoms with E-state index in [9.17, 15) is 0 Å². The molecule has 0 aromatic heterocycles. The zero-order chi connectivity index (χ0) is 9.97. The molecule has 0 saturated carbocycles. The Labute approximate surface area is 89.2 Å². The number of nitrogens with one attached hydrogen (secondary N) is 1. The Kier molecular flexibility index (Phi) is 2.64. The van der Waals surface area contributed by atoms with Crippen LogP contribution in [0.2, 0.25) is 5.02 Å². The summed E-state index contributed by atoms with van der Waals surface area (Å²) >= 11 is 6.16. The lowest BCUT2D eigenvalue weighted by molar-refractivity contribution is 0.844. The number of halogens is 1. The van der Waals surface area contributed by atoms with Gasteiger partial charge in [-0.15, -0.1) is 6.58 Å². The number of nitrogens with zero attached hydrogens (tertiary/aromatic N) is 1. The van der Waals surface area contributed by atoms with Crippen molar-refractivity contribution in [2.75, 3.05) is 29.9 Å². The first-order chi connectivity index (χ1) is 6.83. The van der Waals surface area contributed by atoms with Gasteiger partial charge in [-0.2, -0.15) is 0 Å². The third-order valence-electron chi connectivity index (χ3n) is 2.35. The summed E-state index contributed by atoms with van der Waals surface area (Å²) in [5, 5.41) is 4.13. The van der Waals surface area contributed by atoms with Crippen LogP contribution in [0.5, 0.6) is 0 Å². The lowest BCUT2D eigenvalue weighted by Gasteiger charge is -2.31. The maximum Gasteiger partial charge on any atom is 0.0794 e. The van der Waals surface area contributed by atoms with E-state index in [1.165, 1.54) is 0 Å². The number of benzene rings is 1. The molecule has 74 valence electrons. The van der Waals surface area contributed by atoms with E-state index in [2.05, 4.69) is 22.9 Å². The van der Waals surface area contributed by atoms with Crippen LogP contribution in [-0.4, -0.2) is 19.6 Å². The second-order valence-electron chi connectivity index (χ2n) is 3.30. The van der Waals surface area contributed by atoms with Crippen LogP contribution < -0.4 is 10.2 Å². The van der Waals surface area contributed by atoms with Gasteiger partial charge in [0, 0.05) is 19.6 Å². The van der Waals surface area contributed by atoms with E-state index in [1.807, 2.05) is 18.2 Å². The molecule has 14 heavy (non-hydrogen) atoms. The summed E-state index contributed by atoms with van der Waals surface area (Å²) in [6.07, 6.45) is 1.90. The molecule has 0 bridgehead atoms. The van der Waals surface area contributed by atoms with Crippen molar-refractivity contribution in [1.29, 1.82) is 0 Å². The predicted molar refractivity (Wildman–Crippen MR) is 62.4 cm³/mol. The number of para-hydroxylation sites is 1. The smallest absolute Gasteiger partial charge is 0.0794 e. The van der Waals surface area contributed by atoms with E-state index < -0.39 is 0 Å². The molecule has 1 aromatic rings. The Bertz CT molecular complexity index is 349. The average Bonchev–Trinajstić information content (AvgIpc) is 2.19. The van der Waals surface area contributed by atoms with Crippen LogP contribution in [0.3, 0.4) is 0 Å². The molecule has 1 aliphatic heterocycles. The Hall–Kier alpha value is -1.15. The monoisotopic (exact) mass is 208 g/mol. The Morgan fingerprint density at radius 2 is 2.43 bits per heavy atom. The molecule has 1 aliphatic rings. The zero-order valence-corrected chi connectivity index (χ0v) is 8.72. The lowest BCUT2D eigenvalue weighted by Crippen LogP contribution is -2.34. The van der Waals surface area contributed by atoms with Crippen molar-refractivity contribution < 1.29 is 0 Å². The first-order valence-electron chi connectivity index (χ1n) is 4.71. The predicted octanol–water partition coefficient (Wildman–Crippen LogP) is 2.76. The largest absolute Gasteiger partial charge is 0.382 e. The molecule has 2 rings (SSSR count). The average molecular weight is 209 g/mol. The zero-order valence-electron chi connectivity index (χ0n) is 7.96. The second kappa shape index (κ2) is 3.93. The van der Waals surface area contributed by atoms with E-state index in [4.69, 9.17) is 11.6 Å². The summed E-state index contributed by atoms with van der Waals surface area (Å²) in [6.45, 7) is 6.53. The second-order valence-corrected chi connectivity index (χ2v) is 3.70. The molecule has 2 nitrogen and oxygen atoms in total. The fraction of sp³-hybridized carbons (Fsp3) is 0.273. The number of hydrogen-bond acceptors (Lipinski definition) is 2. The standard InChI is InChI=1S/C11H13ClN2/c1-2-7-14-8-6-13-10-5-3-4-9(12)11(10)14/h2-5,13H,1,6-8H2. The molecule has 1 heterocycles. The summed E-state index contributed by atoms with van der Waals surface area (Å²) in [4.78, 5) is 2.24. The molecule has 1 aromatic carbocycles. The highest BCUT2D eigenvalue weighted by Gasteiger charge is 2.17. The number of fused-ring (bicyclic) bond motifs is 1. The highest BCUT2D eigenvalue weighted by atomic mass is 35.5. The maximum atomic E-state index is 6.16. The molecular formula is C11H13ClN2. The normalized spacial score (nSPS) is 14.5. The van der Waals surface area contributed by atoms with Gasteiger partial charge in [-0.1, -0.05) is 23.7 Å². The molecule has 0 amide bonds. The van der Waals surface area contributed by atoms with Crippen molar-refractivity contribution in [1.82, 2.24) is 0 Å². The van der Waals surface area contributed by atoms with Gasteiger partial charge >= 0.3 is 0 Å². The third kappa shape index (κ3) is 1.58. The van der Waals surface area contributed by atoms with E-state index in [-0.39, 0.29) is 0 Å². The molecule has 0 saturated heterocycles. The summed E-state index contributed by atoms with van der Waals surface area (Å²) in [5.74, 6) is 0. The first-order valence-corrected chi connectivity index (χ1v) is 5.09. The van der Waals surface area contributed by atoms with Crippen LogP contribution >= 0.6 is 11.6 Å². The Balaban J connectivity index is 2.41. The third-order valence-corrected chi connectivity index (χ3v) is 2.65. The molecule has 0 unspecified atom stereocenters. The molecular weight excluding hydrogens is 196 g/mol. The molecule has 1 N–H and O–H groups in total. The van der Waals surface area contributed by atoms with Crippen LogP contribution in [0.1, 0.15) is 0 Å². The molecule has 3 heteroatoms. The van der Waals surface area contributed by atoms with Gasteiger partial charge in [0.1, 0.15) is 0 Å². The molecule has 0 aliphatic carbocycles. The summed E-state index contributed by atoms with van der Waals surface area (Å²) in [7, 11) is 0. The van der Waals surface area contributed by atoms with E-state index >= 15 is 0 Å². The quantitative estimate of drug-likeness (QED) is 0.752. The SMILES string of the molecule is C=CCN1CCNc2cccc(Cl)c21. The van der Waals surface area contributed by atoms with E-state index in [0.29, 0.717) is 0 Å². The highest BCUT2D eigenvalue weighted by Crippen LogP contribution is 2.35. The van der Waals surface area contributed by atoms with Gasteiger partial charge in [0.2, 0.25) is 0 Å². The van der Waals surface area contributed by atoms with E-state index in [0.717, 1.165) is 36.0 Å². The fourth-order valence-electron chi connectivity index (χ4n) is 1.76. The Morgan fingerprint density at radius 1 is 1.57 bits per heavy atom. The van der Waals surface area contributed by atoms with Gasteiger partial charge in [0.25, 0.3) is 0 Å². The van der Waals surface area contributed by atoms with Gasteiger partial charge in [-0.05, 0) is 12.1 Å². The van der Waals surface area contributed by atoms with Crippen molar-refractivity contribution >= 4 is 23.0 Å². The fourth-order valence-corrected chi connectivity index (χ4v) is 2.05. The maximum absolute atomic E-state index is 6.16. The van der Waals surface area contributed by atoms with Crippen molar-refractivity contribution in [2.45, 2.75) is 0 Å². The molecule has 0 atom stereocenters. The Morgan fingerprint density at radius 3 is 3.21 bits per heavy atom. The summed E-state index contributed by atoms with van der Waals surface area (Å²) in [5.41, 5.74) is 2.21.